The average molecular weight is 493 g/mol. The normalized spacial score (nSPS) is 16.0. The van der Waals surface area contributed by atoms with Crippen LogP contribution < -0.4 is 5.32 Å². The van der Waals surface area contributed by atoms with Crippen molar-refractivity contribution >= 4 is 5.97 Å². The van der Waals surface area contributed by atoms with Gasteiger partial charge >= 0.3 is 5.97 Å². The van der Waals surface area contributed by atoms with Gasteiger partial charge in [-0.2, -0.15) is 0 Å². The minimum atomic E-state index is -1.11. The number of hydrogen-bond acceptors (Lipinski definition) is 6. The van der Waals surface area contributed by atoms with Crippen LogP contribution in [-0.4, -0.2) is 52.6 Å². The Labute approximate surface area is 214 Å². The molecule has 202 valence electrons. The van der Waals surface area contributed by atoms with Crippen LogP contribution in [0.2, 0.25) is 0 Å². The van der Waals surface area contributed by atoms with E-state index in [1.165, 1.54) is 44.7 Å². The van der Waals surface area contributed by atoms with Crippen LogP contribution >= 0.6 is 0 Å². The zero-order valence-electron chi connectivity index (χ0n) is 23.0. The number of ether oxygens (including phenoxy) is 1. The largest absolute Gasteiger partial charge is 0.462 e. The second kappa shape index (κ2) is 17.9. The lowest BCUT2D eigenvalue weighted by molar-refractivity contribution is -0.0669. The predicted octanol–water partition coefficient (Wildman–Crippen LogP) is 5.77. The molecular weight excluding hydrogens is 440 g/mol. The number of pyridine rings is 1. The first-order valence-corrected chi connectivity index (χ1v) is 13.8. The number of rotatable bonds is 20. The molecule has 1 aromatic rings. The topological polar surface area (TPSA) is 91.7 Å². The van der Waals surface area contributed by atoms with Gasteiger partial charge in [-0.25, -0.2) is 4.79 Å². The molecule has 1 aromatic heterocycles. The lowest BCUT2D eigenvalue weighted by Gasteiger charge is -2.30. The maximum absolute atomic E-state index is 11.9. The quantitative estimate of drug-likeness (QED) is 0.158. The van der Waals surface area contributed by atoms with Gasteiger partial charge in [0.15, 0.2) is 0 Å². The van der Waals surface area contributed by atoms with E-state index in [1.54, 1.807) is 25.3 Å². The van der Waals surface area contributed by atoms with Crippen LogP contribution in [0.1, 0.15) is 109 Å². The van der Waals surface area contributed by atoms with E-state index in [2.05, 4.69) is 38.0 Å². The molecule has 35 heavy (non-hydrogen) atoms. The molecule has 1 rings (SSSR count). The van der Waals surface area contributed by atoms with Gasteiger partial charge in [0.05, 0.1) is 23.9 Å². The van der Waals surface area contributed by atoms with Gasteiger partial charge in [-0.05, 0) is 56.2 Å². The van der Waals surface area contributed by atoms with E-state index >= 15 is 0 Å². The Morgan fingerprint density at radius 1 is 1.03 bits per heavy atom. The molecule has 0 saturated heterocycles. The van der Waals surface area contributed by atoms with Crippen molar-refractivity contribution in [1.29, 1.82) is 0 Å². The highest BCUT2D eigenvalue weighted by atomic mass is 16.5. The minimum Gasteiger partial charge on any atom is -0.462 e. The van der Waals surface area contributed by atoms with Crippen LogP contribution in [-0.2, 0) is 4.74 Å². The maximum atomic E-state index is 11.9. The first-order valence-electron chi connectivity index (χ1n) is 13.8. The molecule has 0 saturated carbocycles. The van der Waals surface area contributed by atoms with Crippen LogP contribution in [0.4, 0.5) is 0 Å². The zero-order chi connectivity index (χ0) is 26.1. The lowest BCUT2D eigenvalue weighted by atomic mass is 9.88. The third-order valence-corrected chi connectivity index (χ3v) is 6.94. The number of carbonyl (C=O) groups is 1. The molecule has 0 radical (unpaired) electrons. The Kier molecular flexibility index (Phi) is 16.1. The summed E-state index contributed by atoms with van der Waals surface area (Å²) in [7, 11) is 0. The van der Waals surface area contributed by atoms with Gasteiger partial charge in [0.1, 0.15) is 0 Å². The Bertz CT molecular complexity index is 666. The van der Waals surface area contributed by atoms with Crippen molar-refractivity contribution in [2.45, 2.75) is 111 Å². The van der Waals surface area contributed by atoms with Gasteiger partial charge in [0.25, 0.3) is 0 Å². The molecule has 1 heterocycles. The number of nitrogens with one attached hydrogen (secondary N) is 1. The summed E-state index contributed by atoms with van der Waals surface area (Å²) in [4.78, 5) is 15.8. The number of aliphatic hydroxyl groups is 2. The van der Waals surface area contributed by atoms with Crippen LogP contribution in [0.3, 0.4) is 0 Å². The summed E-state index contributed by atoms with van der Waals surface area (Å²) in [6, 6.07) is 3.37. The van der Waals surface area contributed by atoms with Gasteiger partial charge in [-0.3, -0.25) is 4.98 Å². The Morgan fingerprint density at radius 2 is 1.66 bits per heavy atom. The molecule has 0 amide bonds. The second-order valence-corrected chi connectivity index (χ2v) is 11.2. The van der Waals surface area contributed by atoms with Gasteiger partial charge in [-0.1, -0.05) is 79.1 Å². The molecule has 6 heteroatoms. The van der Waals surface area contributed by atoms with Crippen LogP contribution in [0.25, 0.3) is 0 Å². The second-order valence-electron chi connectivity index (χ2n) is 11.2. The van der Waals surface area contributed by atoms with Crippen molar-refractivity contribution in [2.75, 3.05) is 19.7 Å². The molecule has 6 nitrogen and oxygen atoms in total. The monoisotopic (exact) mass is 492 g/mol. The molecule has 0 aliphatic rings. The molecule has 0 fully saturated rings. The molecule has 4 unspecified atom stereocenters. The van der Waals surface area contributed by atoms with Gasteiger partial charge in [-0.15, -0.1) is 0 Å². The first kappa shape index (κ1) is 31.5. The number of esters is 1. The smallest absolute Gasteiger partial charge is 0.339 e. The van der Waals surface area contributed by atoms with Crippen LogP contribution in [0.5, 0.6) is 0 Å². The van der Waals surface area contributed by atoms with E-state index in [1.807, 2.05) is 0 Å². The molecule has 4 atom stereocenters. The predicted molar refractivity (Wildman–Crippen MR) is 143 cm³/mol. The number of hydrogen-bond donors (Lipinski definition) is 3. The number of nitrogens with zero attached hydrogens (tertiary/aromatic N) is 1. The fraction of sp³-hybridized carbons (Fsp3) is 0.793. The van der Waals surface area contributed by atoms with Crippen molar-refractivity contribution in [3.8, 4) is 0 Å². The van der Waals surface area contributed by atoms with E-state index in [4.69, 9.17) is 4.74 Å². The zero-order valence-corrected chi connectivity index (χ0v) is 23.0. The minimum absolute atomic E-state index is 0.293. The molecule has 3 N–H and O–H groups in total. The van der Waals surface area contributed by atoms with Crippen LogP contribution in [0, 0.1) is 17.8 Å². The Hall–Kier alpha value is -1.50. The standard InChI is InChI=1S/C29H52N2O4/c1-23(2)11-6-12-24(3)13-7-14-25(4)15-8-17-29(5,34)27(32)22-31-19-10-20-35-28(33)26-16-9-18-30-21-26/h9,16,18,21,23-25,27,31-32,34H,6-8,10-15,17,19-20,22H2,1-5H3. The van der Waals surface area contributed by atoms with E-state index in [0.29, 0.717) is 44.0 Å². The van der Waals surface area contributed by atoms with E-state index in [9.17, 15) is 15.0 Å². The van der Waals surface area contributed by atoms with Crippen LogP contribution in [0.15, 0.2) is 24.5 Å². The van der Waals surface area contributed by atoms with E-state index < -0.39 is 11.7 Å². The van der Waals surface area contributed by atoms with Crippen molar-refractivity contribution < 1.29 is 19.7 Å². The molecule has 0 aliphatic heterocycles. The average Bonchev–Trinajstić information content (AvgIpc) is 2.81. The van der Waals surface area contributed by atoms with E-state index in [0.717, 1.165) is 24.7 Å². The highest BCUT2D eigenvalue weighted by Gasteiger charge is 2.29. The third kappa shape index (κ3) is 15.3. The Balaban J connectivity index is 2.08. The summed E-state index contributed by atoms with van der Waals surface area (Å²) >= 11 is 0. The lowest BCUT2D eigenvalue weighted by Crippen LogP contribution is -2.45. The van der Waals surface area contributed by atoms with Gasteiger partial charge in [0, 0.05) is 18.9 Å². The van der Waals surface area contributed by atoms with Crippen molar-refractivity contribution in [3.63, 3.8) is 0 Å². The summed E-state index contributed by atoms with van der Waals surface area (Å²) in [6.45, 7) is 12.2. The fourth-order valence-electron chi connectivity index (χ4n) is 4.34. The first-order chi connectivity index (χ1) is 16.6. The number of aliphatic hydroxyl groups excluding tert-OH is 1. The summed E-state index contributed by atoms with van der Waals surface area (Å²) in [6.07, 6.45) is 13.4. The highest BCUT2D eigenvalue weighted by Crippen LogP contribution is 2.24. The maximum Gasteiger partial charge on any atom is 0.339 e. The number of aromatic nitrogens is 1. The Morgan fingerprint density at radius 3 is 2.26 bits per heavy atom. The summed E-state index contributed by atoms with van der Waals surface area (Å²) in [5.41, 5.74) is -0.669. The summed E-state index contributed by atoms with van der Waals surface area (Å²) in [5, 5.41) is 24.3. The highest BCUT2D eigenvalue weighted by molar-refractivity contribution is 5.88. The van der Waals surface area contributed by atoms with Crippen molar-refractivity contribution in [2.24, 2.45) is 17.8 Å². The summed E-state index contributed by atoms with van der Waals surface area (Å²) in [5.74, 6) is 1.89. The molecule has 0 aromatic carbocycles. The van der Waals surface area contributed by atoms with E-state index in [-0.39, 0.29) is 5.97 Å². The van der Waals surface area contributed by atoms with Gasteiger partial charge < -0.3 is 20.3 Å². The number of carbonyl (C=O) groups excluding carboxylic acids is 1. The van der Waals surface area contributed by atoms with Crippen molar-refractivity contribution in [1.82, 2.24) is 10.3 Å². The summed E-state index contributed by atoms with van der Waals surface area (Å²) < 4.78 is 5.21. The van der Waals surface area contributed by atoms with Crippen molar-refractivity contribution in [3.05, 3.63) is 30.1 Å². The molecular formula is C29H52N2O4. The fourth-order valence-corrected chi connectivity index (χ4v) is 4.34. The molecule has 0 spiro atoms. The molecule has 0 aliphatic carbocycles. The molecule has 0 bridgehead atoms. The SMILES string of the molecule is CC(C)CCCC(C)CCCC(C)CCCC(C)(O)C(O)CNCCCOC(=O)c1cccnc1. The van der Waals surface area contributed by atoms with Gasteiger partial charge in [0.2, 0.25) is 0 Å². The third-order valence-electron chi connectivity index (χ3n) is 6.94.